The SMILES string of the molecule is CC(=O)c1ccc(NC(=O)N2C[C@H]3CC[C@@H](C2)C3N(C)C)cc1. The van der Waals surface area contributed by atoms with Gasteiger partial charge in [-0.15, -0.1) is 0 Å². The average molecular weight is 315 g/mol. The molecule has 124 valence electrons. The molecule has 1 aromatic carbocycles. The van der Waals surface area contributed by atoms with Crippen LogP contribution in [-0.2, 0) is 0 Å². The van der Waals surface area contributed by atoms with Crippen LogP contribution in [0.5, 0.6) is 0 Å². The lowest BCUT2D eigenvalue weighted by Gasteiger charge is -2.41. The molecule has 1 unspecified atom stereocenters. The Hall–Kier alpha value is -1.88. The molecule has 1 saturated carbocycles. The van der Waals surface area contributed by atoms with Crippen LogP contribution in [0.2, 0.25) is 0 Å². The van der Waals surface area contributed by atoms with E-state index in [9.17, 15) is 9.59 Å². The fourth-order valence-corrected chi connectivity index (χ4v) is 4.19. The lowest BCUT2D eigenvalue weighted by molar-refractivity contribution is 0.0953. The number of hydrogen-bond acceptors (Lipinski definition) is 3. The fourth-order valence-electron chi connectivity index (χ4n) is 4.19. The highest BCUT2D eigenvalue weighted by Crippen LogP contribution is 2.39. The van der Waals surface area contributed by atoms with Crippen molar-refractivity contribution in [1.29, 1.82) is 0 Å². The largest absolute Gasteiger partial charge is 0.324 e. The van der Waals surface area contributed by atoms with Crippen LogP contribution in [0.4, 0.5) is 10.5 Å². The summed E-state index contributed by atoms with van der Waals surface area (Å²) in [6, 6.07) is 7.65. The first-order chi connectivity index (χ1) is 11.0. The molecule has 3 rings (SSSR count). The van der Waals surface area contributed by atoms with Crippen molar-refractivity contribution in [3.8, 4) is 0 Å². The molecule has 3 atom stereocenters. The van der Waals surface area contributed by atoms with E-state index in [1.54, 1.807) is 24.3 Å². The molecule has 2 fully saturated rings. The number of benzene rings is 1. The number of carbonyl (C=O) groups is 2. The van der Waals surface area contributed by atoms with Crippen molar-refractivity contribution < 1.29 is 9.59 Å². The van der Waals surface area contributed by atoms with Gasteiger partial charge in [-0.25, -0.2) is 4.79 Å². The first kappa shape index (κ1) is 16.0. The van der Waals surface area contributed by atoms with E-state index in [2.05, 4.69) is 24.3 Å². The molecule has 0 radical (unpaired) electrons. The summed E-state index contributed by atoms with van der Waals surface area (Å²) in [5.74, 6) is 1.19. The van der Waals surface area contributed by atoms with Gasteiger partial charge in [0.2, 0.25) is 0 Å². The molecule has 2 aliphatic rings. The highest BCUT2D eigenvalue weighted by atomic mass is 16.2. The molecule has 2 bridgehead atoms. The third-order valence-electron chi connectivity index (χ3n) is 5.21. The molecular formula is C18H25N3O2. The molecule has 1 aliphatic heterocycles. The maximum atomic E-state index is 12.5. The number of carbonyl (C=O) groups excluding carboxylic acids is 2. The van der Waals surface area contributed by atoms with Gasteiger partial charge in [-0.1, -0.05) is 0 Å². The van der Waals surface area contributed by atoms with Crippen LogP contribution in [0, 0.1) is 11.8 Å². The van der Waals surface area contributed by atoms with Gasteiger partial charge >= 0.3 is 6.03 Å². The summed E-state index contributed by atoms with van der Waals surface area (Å²) in [6.07, 6.45) is 2.43. The molecule has 1 aliphatic carbocycles. The van der Waals surface area contributed by atoms with E-state index in [4.69, 9.17) is 0 Å². The summed E-state index contributed by atoms with van der Waals surface area (Å²) < 4.78 is 0. The zero-order valence-electron chi connectivity index (χ0n) is 14.1. The molecule has 2 amide bonds. The number of Topliss-reactive ketones (excluding diaryl/α,β-unsaturated/α-hetero) is 1. The molecule has 23 heavy (non-hydrogen) atoms. The molecule has 0 aromatic heterocycles. The Kier molecular flexibility index (Phi) is 4.39. The zero-order chi connectivity index (χ0) is 16.6. The number of anilines is 1. The van der Waals surface area contributed by atoms with Crippen molar-refractivity contribution in [3.05, 3.63) is 29.8 Å². The smallest absolute Gasteiger partial charge is 0.321 e. The van der Waals surface area contributed by atoms with Crippen LogP contribution in [0.1, 0.15) is 30.1 Å². The van der Waals surface area contributed by atoms with Gasteiger partial charge in [0.15, 0.2) is 5.78 Å². The Morgan fingerprint density at radius 3 is 2.13 bits per heavy atom. The van der Waals surface area contributed by atoms with Crippen LogP contribution in [-0.4, -0.2) is 54.8 Å². The first-order valence-corrected chi connectivity index (χ1v) is 8.29. The van der Waals surface area contributed by atoms with Crippen LogP contribution in [0.15, 0.2) is 24.3 Å². The molecule has 5 heteroatoms. The average Bonchev–Trinajstić information content (AvgIpc) is 2.78. The van der Waals surface area contributed by atoms with Crippen molar-refractivity contribution in [2.24, 2.45) is 11.8 Å². The molecule has 0 spiro atoms. The number of ketones is 1. The van der Waals surface area contributed by atoms with Crippen molar-refractivity contribution >= 4 is 17.5 Å². The van der Waals surface area contributed by atoms with E-state index in [1.165, 1.54) is 19.8 Å². The standard InChI is InChI=1S/C18H25N3O2/c1-12(22)13-6-8-16(9-7-13)19-18(23)21-10-14-4-5-15(11-21)17(14)20(2)3/h6-9,14-15,17H,4-5,10-11H2,1-3H3,(H,19,23)/t14-,15+,17?. The summed E-state index contributed by atoms with van der Waals surface area (Å²) in [6.45, 7) is 3.20. The number of rotatable bonds is 3. The second-order valence-electron chi connectivity index (χ2n) is 7.02. The normalized spacial score (nSPS) is 26.4. The number of piperidine rings is 1. The maximum absolute atomic E-state index is 12.5. The predicted octanol–water partition coefficient (Wildman–Crippen LogP) is 2.69. The third-order valence-corrected chi connectivity index (χ3v) is 5.21. The second kappa shape index (κ2) is 6.32. The minimum atomic E-state index is -0.0327. The molecule has 1 aromatic rings. The third kappa shape index (κ3) is 3.24. The summed E-state index contributed by atoms with van der Waals surface area (Å²) >= 11 is 0. The van der Waals surface area contributed by atoms with Crippen molar-refractivity contribution in [2.45, 2.75) is 25.8 Å². The maximum Gasteiger partial charge on any atom is 0.321 e. The number of fused-ring (bicyclic) bond motifs is 2. The first-order valence-electron chi connectivity index (χ1n) is 8.29. The Morgan fingerprint density at radius 2 is 1.65 bits per heavy atom. The second-order valence-corrected chi connectivity index (χ2v) is 7.02. The van der Waals surface area contributed by atoms with Gasteiger partial charge in [-0.3, -0.25) is 4.79 Å². The van der Waals surface area contributed by atoms with Crippen molar-refractivity contribution in [3.63, 3.8) is 0 Å². The summed E-state index contributed by atoms with van der Waals surface area (Å²) in [4.78, 5) is 28.1. The van der Waals surface area contributed by atoms with E-state index >= 15 is 0 Å². The summed E-state index contributed by atoms with van der Waals surface area (Å²) in [5, 5.41) is 2.95. The number of urea groups is 1. The molecule has 1 saturated heterocycles. The summed E-state index contributed by atoms with van der Waals surface area (Å²) in [5.41, 5.74) is 1.40. The van der Waals surface area contributed by atoms with Gasteiger partial charge < -0.3 is 15.1 Å². The van der Waals surface area contributed by atoms with E-state index in [-0.39, 0.29) is 11.8 Å². The van der Waals surface area contributed by atoms with Crippen LogP contribution >= 0.6 is 0 Å². The van der Waals surface area contributed by atoms with Gasteiger partial charge in [0.1, 0.15) is 0 Å². The number of hydrogen-bond donors (Lipinski definition) is 1. The lowest BCUT2D eigenvalue weighted by atomic mass is 9.91. The zero-order valence-corrected chi connectivity index (χ0v) is 14.1. The summed E-state index contributed by atoms with van der Waals surface area (Å²) in [7, 11) is 4.28. The Morgan fingerprint density at radius 1 is 1.09 bits per heavy atom. The van der Waals surface area contributed by atoms with Crippen molar-refractivity contribution in [2.75, 3.05) is 32.5 Å². The highest BCUT2D eigenvalue weighted by molar-refractivity contribution is 5.95. The molecule has 1 N–H and O–H groups in total. The Balaban J connectivity index is 1.62. The highest BCUT2D eigenvalue weighted by Gasteiger charge is 2.44. The van der Waals surface area contributed by atoms with E-state index in [0.29, 0.717) is 23.4 Å². The van der Waals surface area contributed by atoms with E-state index in [0.717, 1.165) is 18.8 Å². The minimum Gasteiger partial charge on any atom is -0.324 e. The fraction of sp³-hybridized carbons (Fsp3) is 0.556. The van der Waals surface area contributed by atoms with E-state index in [1.807, 2.05) is 4.90 Å². The molecular weight excluding hydrogens is 290 g/mol. The van der Waals surface area contributed by atoms with Gasteiger partial charge in [0.05, 0.1) is 0 Å². The topological polar surface area (TPSA) is 52.7 Å². The number of nitrogens with one attached hydrogen (secondary N) is 1. The van der Waals surface area contributed by atoms with Crippen LogP contribution in [0.3, 0.4) is 0 Å². The predicted molar refractivity (Wildman–Crippen MR) is 90.7 cm³/mol. The van der Waals surface area contributed by atoms with Crippen LogP contribution < -0.4 is 5.32 Å². The molecule has 5 nitrogen and oxygen atoms in total. The Bertz CT molecular complexity index is 583. The number of nitrogens with zero attached hydrogens (tertiary/aromatic N) is 2. The Labute approximate surface area is 137 Å². The monoisotopic (exact) mass is 315 g/mol. The van der Waals surface area contributed by atoms with Gasteiger partial charge in [-0.2, -0.15) is 0 Å². The minimum absolute atomic E-state index is 0.0326. The van der Waals surface area contributed by atoms with Gasteiger partial charge in [-0.05, 0) is 70.0 Å². The van der Waals surface area contributed by atoms with Crippen LogP contribution in [0.25, 0.3) is 0 Å². The number of amides is 2. The van der Waals surface area contributed by atoms with Gasteiger partial charge in [0, 0.05) is 30.4 Å². The van der Waals surface area contributed by atoms with Gasteiger partial charge in [0.25, 0.3) is 0 Å². The molecule has 1 heterocycles. The quantitative estimate of drug-likeness (QED) is 0.873. The van der Waals surface area contributed by atoms with E-state index < -0.39 is 0 Å². The van der Waals surface area contributed by atoms with Crippen molar-refractivity contribution in [1.82, 2.24) is 9.80 Å². The lowest BCUT2D eigenvalue weighted by Crippen LogP contribution is -2.53. The number of likely N-dealkylation sites (tertiary alicyclic amines) is 1.